The summed E-state index contributed by atoms with van der Waals surface area (Å²) in [5.41, 5.74) is 0.435. The van der Waals surface area contributed by atoms with E-state index >= 15 is 0 Å². The molecule has 0 saturated heterocycles. The number of ether oxygens (including phenoxy) is 2. The minimum atomic E-state index is 0.0486. The zero-order valence-corrected chi connectivity index (χ0v) is 13.1. The van der Waals surface area contributed by atoms with Gasteiger partial charge in [0.25, 0.3) is 0 Å². The van der Waals surface area contributed by atoms with Crippen LogP contribution in [0.1, 0.15) is 54.4 Å². The summed E-state index contributed by atoms with van der Waals surface area (Å²) < 4.78 is 11.1. The maximum absolute atomic E-state index is 5.56. The number of hydrogen-bond acceptors (Lipinski definition) is 2. The zero-order valence-electron chi connectivity index (χ0n) is 13.1. The molecule has 0 N–H and O–H groups in total. The van der Waals surface area contributed by atoms with Crippen molar-refractivity contribution in [3.05, 3.63) is 0 Å². The van der Waals surface area contributed by atoms with Gasteiger partial charge in [-0.05, 0) is 10.8 Å². The highest BCUT2D eigenvalue weighted by atomic mass is 16.5. The van der Waals surface area contributed by atoms with Crippen LogP contribution in [0.15, 0.2) is 0 Å². The summed E-state index contributed by atoms with van der Waals surface area (Å²) >= 11 is 0. The van der Waals surface area contributed by atoms with E-state index in [2.05, 4.69) is 41.5 Å². The average molecular weight is 244 g/mol. The Labute approximate surface area is 108 Å². The van der Waals surface area contributed by atoms with Crippen molar-refractivity contribution < 1.29 is 9.47 Å². The SMILES string of the molecule is CCC(C)(C)C(COC)(COC)C(C)(C)CC. The van der Waals surface area contributed by atoms with E-state index in [0.29, 0.717) is 0 Å². The molecule has 104 valence electrons. The molecule has 17 heavy (non-hydrogen) atoms. The van der Waals surface area contributed by atoms with Gasteiger partial charge in [0, 0.05) is 19.6 Å². The van der Waals surface area contributed by atoms with Crippen molar-refractivity contribution in [2.75, 3.05) is 27.4 Å². The topological polar surface area (TPSA) is 18.5 Å². The van der Waals surface area contributed by atoms with Crippen LogP contribution in [-0.2, 0) is 9.47 Å². The fourth-order valence-electron chi connectivity index (χ4n) is 2.91. The summed E-state index contributed by atoms with van der Waals surface area (Å²) in [4.78, 5) is 0. The number of hydrogen-bond donors (Lipinski definition) is 0. The molecule has 0 unspecified atom stereocenters. The van der Waals surface area contributed by atoms with Gasteiger partial charge in [0.15, 0.2) is 0 Å². The van der Waals surface area contributed by atoms with Crippen molar-refractivity contribution >= 4 is 0 Å². The Balaban J connectivity index is 5.58. The van der Waals surface area contributed by atoms with Crippen LogP contribution in [0.2, 0.25) is 0 Å². The van der Waals surface area contributed by atoms with Crippen LogP contribution >= 0.6 is 0 Å². The molecule has 0 radical (unpaired) electrons. The number of methoxy groups -OCH3 is 2. The summed E-state index contributed by atoms with van der Waals surface area (Å²) in [5.74, 6) is 0. The molecule has 0 aromatic rings. The Bertz CT molecular complexity index is 195. The molecule has 0 atom stereocenters. The highest BCUT2D eigenvalue weighted by Gasteiger charge is 2.53. The fourth-order valence-corrected chi connectivity index (χ4v) is 2.91. The molecule has 0 aromatic heterocycles. The minimum absolute atomic E-state index is 0.0486. The minimum Gasteiger partial charge on any atom is -0.384 e. The van der Waals surface area contributed by atoms with E-state index in [1.165, 1.54) is 0 Å². The first-order chi connectivity index (χ1) is 7.74. The second-order valence-electron chi connectivity index (χ2n) is 6.42. The summed E-state index contributed by atoms with van der Waals surface area (Å²) in [7, 11) is 3.59. The van der Waals surface area contributed by atoms with E-state index in [1.807, 2.05) is 0 Å². The molecule has 0 aliphatic heterocycles. The fraction of sp³-hybridized carbons (Fsp3) is 1.00. The lowest BCUT2D eigenvalue weighted by atomic mass is 9.52. The predicted octanol–water partition coefficient (Wildman–Crippen LogP) is 4.14. The first-order valence-electron chi connectivity index (χ1n) is 6.72. The normalized spacial score (nSPS) is 14.1. The lowest BCUT2D eigenvalue weighted by Crippen LogP contribution is -2.54. The summed E-state index contributed by atoms with van der Waals surface area (Å²) in [6.45, 7) is 15.4. The van der Waals surface area contributed by atoms with E-state index in [1.54, 1.807) is 14.2 Å². The van der Waals surface area contributed by atoms with Crippen LogP contribution in [0.25, 0.3) is 0 Å². The lowest BCUT2D eigenvalue weighted by Gasteiger charge is -2.55. The summed E-state index contributed by atoms with van der Waals surface area (Å²) in [5, 5.41) is 0. The van der Waals surface area contributed by atoms with Crippen molar-refractivity contribution in [3.8, 4) is 0 Å². The van der Waals surface area contributed by atoms with Gasteiger partial charge >= 0.3 is 0 Å². The van der Waals surface area contributed by atoms with E-state index in [4.69, 9.17) is 9.47 Å². The second kappa shape index (κ2) is 6.19. The van der Waals surface area contributed by atoms with Gasteiger partial charge in [-0.3, -0.25) is 0 Å². The first-order valence-corrected chi connectivity index (χ1v) is 6.72. The van der Waals surface area contributed by atoms with Gasteiger partial charge in [0.05, 0.1) is 13.2 Å². The Morgan fingerprint density at radius 3 is 1.18 bits per heavy atom. The predicted molar refractivity (Wildman–Crippen MR) is 74.3 cm³/mol. The molecule has 0 saturated carbocycles. The standard InChI is InChI=1S/C15H32O2/c1-9-13(3,4)15(11-16-7,12-17-8)14(5,6)10-2/h9-12H2,1-8H3. The molecule has 2 heteroatoms. The quantitative estimate of drug-likeness (QED) is 0.639. The maximum atomic E-state index is 5.56. The molecule has 0 amide bonds. The Morgan fingerprint density at radius 2 is 1.00 bits per heavy atom. The number of rotatable bonds is 8. The molecule has 2 nitrogen and oxygen atoms in total. The molecule has 0 spiro atoms. The third-order valence-corrected chi connectivity index (χ3v) is 5.14. The van der Waals surface area contributed by atoms with Crippen LogP contribution in [0.5, 0.6) is 0 Å². The first kappa shape index (κ1) is 16.9. The third-order valence-electron chi connectivity index (χ3n) is 5.14. The van der Waals surface area contributed by atoms with Gasteiger partial charge in [-0.2, -0.15) is 0 Å². The molecule has 0 heterocycles. The highest BCUT2D eigenvalue weighted by Crippen LogP contribution is 2.55. The van der Waals surface area contributed by atoms with Crippen LogP contribution < -0.4 is 0 Å². The molecule has 0 bridgehead atoms. The van der Waals surface area contributed by atoms with Crippen LogP contribution in [0.3, 0.4) is 0 Å². The maximum Gasteiger partial charge on any atom is 0.0551 e. The molecule has 0 aliphatic rings. The molecular formula is C15H32O2. The third kappa shape index (κ3) is 3.03. The van der Waals surface area contributed by atoms with Gasteiger partial charge in [-0.15, -0.1) is 0 Å². The molecular weight excluding hydrogens is 212 g/mol. The van der Waals surface area contributed by atoms with Gasteiger partial charge in [-0.1, -0.05) is 54.4 Å². The summed E-state index contributed by atoms with van der Waals surface area (Å²) in [6, 6.07) is 0. The second-order valence-corrected chi connectivity index (χ2v) is 6.42. The van der Waals surface area contributed by atoms with E-state index < -0.39 is 0 Å². The van der Waals surface area contributed by atoms with Gasteiger partial charge in [0.2, 0.25) is 0 Å². The van der Waals surface area contributed by atoms with Crippen molar-refractivity contribution in [2.45, 2.75) is 54.4 Å². The highest BCUT2D eigenvalue weighted by molar-refractivity contribution is 5.01. The Hall–Kier alpha value is -0.0800. The smallest absolute Gasteiger partial charge is 0.0551 e. The van der Waals surface area contributed by atoms with Crippen molar-refractivity contribution in [2.24, 2.45) is 16.2 Å². The van der Waals surface area contributed by atoms with E-state index in [0.717, 1.165) is 26.1 Å². The van der Waals surface area contributed by atoms with Gasteiger partial charge < -0.3 is 9.47 Å². The van der Waals surface area contributed by atoms with Crippen LogP contribution in [0.4, 0.5) is 0 Å². The van der Waals surface area contributed by atoms with Gasteiger partial charge in [-0.25, -0.2) is 0 Å². The van der Waals surface area contributed by atoms with Crippen molar-refractivity contribution in [1.29, 1.82) is 0 Å². The largest absolute Gasteiger partial charge is 0.384 e. The lowest BCUT2D eigenvalue weighted by molar-refractivity contribution is -0.144. The van der Waals surface area contributed by atoms with Crippen molar-refractivity contribution in [1.82, 2.24) is 0 Å². The molecule has 0 aromatic carbocycles. The van der Waals surface area contributed by atoms with E-state index in [-0.39, 0.29) is 16.2 Å². The molecule has 0 aliphatic carbocycles. The van der Waals surface area contributed by atoms with Crippen LogP contribution in [0, 0.1) is 16.2 Å². The Kier molecular flexibility index (Phi) is 6.16. The molecule has 0 rings (SSSR count). The molecule has 0 fully saturated rings. The van der Waals surface area contributed by atoms with E-state index in [9.17, 15) is 0 Å². The monoisotopic (exact) mass is 244 g/mol. The van der Waals surface area contributed by atoms with Crippen molar-refractivity contribution in [3.63, 3.8) is 0 Å². The van der Waals surface area contributed by atoms with Crippen LogP contribution in [-0.4, -0.2) is 27.4 Å². The van der Waals surface area contributed by atoms with Gasteiger partial charge in [0.1, 0.15) is 0 Å². The Morgan fingerprint density at radius 1 is 0.706 bits per heavy atom. The summed E-state index contributed by atoms with van der Waals surface area (Å²) in [6.07, 6.45) is 2.26. The average Bonchev–Trinajstić information content (AvgIpc) is 2.28. The zero-order chi connectivity index (χ0) is 13.7.